The van der Waals surface area contributed by atoms with Gasteiger partial charge in [-0.1, -0.05) is 158 Å². The lowest BCUT2D eigenvalue weighted by molar-refractivity contribution is 0.492. The van der Waals surface area contributed by atoms with Crippen molar-refractivity contribution in [2.24, 2.45) is 0 Å². The third-order valence-electron chi connectivity index (χ3n) is 11.1. The van der Waals surface area contributed by atoms with Crippen LogP contribution in [0.2, 0.25) is 0 Å². The smallest absolute Gasteiger partial charge is 0.159 e. The SMILES string of the molecule is c1ccc(-c2ncc(-c3ccc4c(c3)-c3ccccc3Oc3c(ccc5ccccc35)-c3cc(-c5cnc(-c6ccccc6)nc5)ccc3-c3ccccc3-4)cn2)cc1. The molecule has 5 nitrogen and oxygen atoms in total. The maximum atomic E-state index is 7.27. The Morgan fingerprint density at radius 2 is 0.729 bits per heavy atom. The highest BCUT2D eigenvalue weighted by Crippen LogP contribution is 2.50. The molecule has 0 fully saturated rings. The van der Waals surface area contributed by atoms with Gasteiger partial charge in [0.15, 0.2) is 11.6 Å². The van der Waals surface area contributed by atoms with E-state index < -0.39 is 0 Å². The molecular formula is C54H34N4O. The number of hydrogen-bond acceptors (Lipinski definition) is 5. The predicted molar refractivity (Wildman–Crippen MR) is 239 cm³/mol. The van der Waals surface area contributed by atoms with Gasteiger partial charge in [0.2, 0.25) is 0 Å². The van der Waals surface area contributed by atoms with Crippen molar-refractivity contribution in [3.8, 4) is 101 Å². The van der Waals surface area contributed by atoms with E-state index in [0.29, 0.717) is 11.6 Å². The number of hydrogen-bond donors (Lipinski definition) is 0. The van der Waals surface area contributed by atoms with Crippen LogP contribution in [-0.2, 0) is 0 Å². The minimum Gasteiger partial charge on any atom is -0.455 e. The summed E-state index contributed by atoms with van der Waals surface area (Å²) in [5.41, 5.74) is 14.4. The number of aromatic nitrogens is 4. The van der Waals surface area contributed by atoms with Crippen LogP contribution in [-0.4, -0.2) is 19.9 Å². The van der Waals surface area contributed by atoms with Crippen molar-refractivity contribution in [1.82, 2.24) is 19.9 Å². The number of ether oxygens (including phenoxy) is 1. The number of rotatable bonds is 4. The molecule has 1 aliphatic rings. The number of benzene rings is 8. The second-order valence-electron chi connectivity index (χ2n) is 14.7. The standard InChI is InChI=1S/C54H34N4O/c1-3-14-36(15-4-1)53-55-31-40(32-56-53)38-24-26-45-43-19-9-10-20-44(43)46-27-25-39(41-33-57-54(58-34-41)37-16-5-2-6-17-37)30-50(46)48-28-23-35-13-7-8-18-42(35)52(48)59-51-22-12-11-21-47(51)49(45)29-38/h1-34H. The lowest BCUT2D eigenvalue weighted by Gasteiger charge is -2.19. The molecule has 59 heavy (non-hydrogen) atoms. The van der Waals surface area contributed by atoms with Gasteiger partial charge in [0.25, 0.3) is 0 Å². The number of fused-ring (bicyclic) bond motifs is 11. The topological polar surface area (TPSA) is 60.8 Å². The van der Waals surface area contributed by atoms with E-state index in [1.807, 2.05) is 91.5 Å². The van der Waals surface area contributed by atoms with Gasteiger partial charge < -0.3 is 4.74 Å². The first-order chi connectivity index (χ1) is 29.2. The fourth-order valence-corrected chi connectivity index (χ4v) is 8.20. The van der Waals surface area contributed by atoms with Crippen molar-refractivity contribution in [1.29, 1.82) is 0 Å². The molecule has 0 saturated heterocycles. The fraction of sp³-hybridized carbons (Fsp3) is 0. The molecule has 0 bridgehead atoms. The first-order valence-electron chi connectivity index (χ1n) is 19.7. The molecule has 0 radical (unpaired) electrons. The van der Waals surface area contributed by atoms with Crippen molar-refractivity contribution in [2.75, 3.05) is 0 Å². The molecule has 0 amide bonds. The Kier molecular flexibility index (Phi) is 8.41. The summed E-state index contributed by atoms with van der Waals surface area (Å²) < 4.78 is 7.27. The molecule has 0 unspecified atom stereocenters. The maximum absolute atomic E-state index is 7.27. The molecule has 0 N–H and O–H groups in total. The molecule has 11 rings (SSSR count). The molecule has 276 valence electrons. The molecule has 0 spiro atoms. The Bertz CT molecular complexity index is 3160. The summed E-state index contributed by atoms with van der Waals surface area (Å²) in [6, 6.07) is 63.3. The van der Waals surface area contributed by atoms with E-state index in [0.717, 1.165) is 100 Å². The lowest BCUT2D eigenvalue weighted by Crippen LogP contribution is -1.95. The predicted octanol–water partition coefficient (Wildman–Crippen LogP) is 13.9. The van der Waals surface area contributed by atoms with Gasteiger partial charge in [0, 0.05) is 63.6 Å². The summed E-state index contributed by atoms with van der Waals surface area (Å²) >= 11 is 0. The Morgan fingerprint density at radius 3 is 1.31 bits per heavy atom. The average Bonchev–Trinajstić information content (AvgIpc) is 3.33. The normalized spacial score (nSPS) is 11.5. The molecule has 3 heterocycles. The molecule has 5 heteroatoms. The monoisotopic (exact) mass is 754 g/mol. The molecule has 0 atom stereocenters. The van der Waals surface area contributed by atoms with Crippen molar-refractivity contribution < 1.29 is 4.74 Å². The molecular weight excluding hydrogens is 721 g/mol. The van der Waals surface area contributed by atoms with Gasteiger partial charge in [0.1, 0.15) is 11.5 Å². The summed E-state index contributed by atoms with van der Waals surface area (Å²) in [6.45, 7) is 0. The maximum Gasteiger partial charge on any atom is 0.159 e. The van der Waals surface area contributed by atoms with Crippen LogP contribution in [0.15, 0.2) is 207 Å². The number of nitrogens with zero attached hydrogens (tertiary/aromatic N) is 4. The van der Waals surface area contributed by atoms with E-state index >= 15 is 0 Å². The minimum atomic E-state index is 0.695. The third-order valence-corrected chi connectivity index (χ3v) is 11.1. The van der Waals surface area contributed by atoms with Crippen LogP contribution >= 0.6 is 0 Å². The summed E-state index contributed by atoms with van der Waals surface area (Å²) in [7, 11) is 0. The van der Waals surface area contributed by atoms with Crippen molar-refractivity contribution >= 4 is 10.8 Å². The van der Waals surface area contributed by atoms with Gasteiger partial charge in [-0.25, -0.2) is 19.9 Å². The Balaban J connectivity index is 1.14. The molecule has 1 aliphatic heterocycles. The first kappa shape index (κ1) is 34.2. The van der Waals surface area contributed by atoms with Crippen LogP contribution in [0.5, 0.6) is 11.5 Å². The van der Waals surface area contributed by atoms with Crippen LogP contribution in [0, 0.1) is 0 Å². The highest BCUT2D eigenvalue weighted by atomic mass is 16.5. The van der Waals surface area contributed by atoms with E-state index in [-0.39, 0.29) is 0 Å². The highest BCUT2D eigenvalue weighted by Gasteiger charge is 2.24. The second kappa shape index (κ2) is 14.5. The van der Waals surface area contributed by atoms with E-state index in [1.165, 1.54) is 0 Å². The average molecular weight is 755 g/mol. The summed E-state index contributed by atoms with van der Waals surface area (Å²) in [6.07, 6.45) is 7.65. The van der Waals surface area contributed by atoms with E-state index in [2.05, 4.69) is 115 Å². The van der Waals surface area contributed by atoms with Gasteiger partial charge in [-0.15, -0.1) is 0 Å². The quantitative estimate of drug-likeness (QED) is 0.179. The zero-order chi connectivity index (χ0) is 39.1. The summed E-state index contributed by atoms with van der Waals surface area (Å²) in [5.74, 6) is 2.95. The third kappa shape index (κ3) is 6.22. The van der Waals surface area contributed by atoms with Crippen molar-refractivity contribution in [3.63, 3.8) is 0 Å². The Hall–Kier alpha value is -8.02. The Morgan fingerprint density at radius 1 is 0.288 bits per heavy atom. The second-order valence-corrected chi connectivity index (χ2v) is 14.7. The molecule has 8 aromatic carbocycles. The van der Waals surface area contributed by atoms with Gasteiger partial charge in [-0.2, -0.15) is 0 Å². The van der Waals surface area contributed by atoms with Crippen LogP contribution in [0.4, 0.5) is 0 Å². The highest BCUT2D eigenvalue weighted by molar-refractivity contribution is 6.03. The van der Waals surface area contributed by atoms with Gasteiger partial charge >= 0.3 is 0 Å². The summed E-state index contributed by atoms with van der Waals surface area (Å²) in [5, 5.41) is 2.13. The van der Waals surface area contributed by atoms with Gasteiger partial charge in [0.05, 0.1) is 0 Å². The number of para-hydroxylation sites is 1. The van der Waals surface area contributed by atoms with E-state index in [9.17, 15) is 0 Å². The minimum absolute atomic E-state index is 0.695. The van der Waals surface area contributed by atoms with E-state index in [1.54, 1.807) is 0 Å². The van der Waals surface area contributed by atoms with Gasteiger partial charge in [-0.05, 0) is 74.2 Å². The van der Waals surface area contributed by atoms with Crippen LogP contribution in [0.25, 0.3) is 100 Å². The molecule has 10 aromatic rings. The van der Waals surface area contributed by atoms with Crippen LogP contribution in [0.3, 0.4) is 0 Å². The lowest BCUT2D eigenvalue weighted by atomic mass is 9.84. The van der Waals surface area contributed by atoms with Crippen molar-refractivity contribution in [2.45, 2.75) is 0 Å². The van der Waals surface area contributed by atoms with Crippen LogP contribution < -0.4 is 4.74 Å². The zero-order valence-corrected chi connectivity index (χ0v) is 31.8. The molecule has 2 aromatic heterocycles. The fourth-order valence-electron chi connectivity index (χ4n) is 8.20. The van der Waals surface area contributed by atoms with E-state index in [4.69, 9.17) is 24.7 Å². The van der Waals surface area contributed by atoms with Crippen LogP contribution in [0.1, 0.15) is 0 Å². The molecule has 0 aliphatic carbocycles. The zero-order valence-electron chi connectivity index (χ0n) is 31.8. The summed E-state index contributed by atoms with van der Waals surface area (Å²) in [4.78, 5) is 19.1. The first-order valence-corrected chi connectivity index (χ1v) is 19.7. The molecule has 0 saturated carbocycles. The Labute approximate surface area is 342 Å². The largest absolute Gasteiger partial charge is 0.455 e. The van der Waals surface area contributed by atoms with Gasteiger partial charge in [-0.3, -0.25) is 0 Å². The van der Waals surface area contributed by atoms with Crippen molar-refractivity contribution in [3.05, 3.63) is 207 Å².